The van der Waals surface area contributed by atoms with E-state index in [1.54, 1.807) is 30.3 Å². The first-order valence-corrected chi connectivity index (χ1v) is 8.17. The number of carbonyl (C=O) groups excluding carboxylic acids is 1. The maximum absolute atomic E-state index is 12.0. The summed E-state index contributed by atoms with van der Waals surface area (Å²) >= 11 is 12.0. The van der Waals surface area contributed by atoms with E-state index in [2.05, 4.69) is 29.5 Å². The molecule has 1 amide bonds. The van der Waals surface area contributed by atoms with Crippen molar-refractivity contribution in [3.63, 3.8) is 0 Å². The Morgan fingerprint density at radius 3 is 2.61 bits per heavy atom. The zero-order valence-corrected chi connectivity index (χ0v) is 14.6. The summed E-state index contributed by atoms with van der Waals surface area (Å²) in [6.45, 7) is 4.91. The van der Waals surface area contributed by atoms with Crippen molar-refractivity contribution in [3.05, 3.63) is 52.1 Å². The maximum atomic E-state index is 12.0. The second kappa shape index (κ2) is 8.18. The Labute approximate surface area is 146 Å². The van der Waals surface area contributed by atoms with E-state index in [9.17, 15) is 4.79 Å². The van der Waals surface area contributed by atoms with Gasteiger partial charge < -0.3 is 10.6 Å². The van der Waals surface area contributed by atoms with Gasteiger partial charge >= 0.3 is 0 Å². The number of halogens is 2. The van der Waals surface area contributed by atoms with Gasteiger partial charge in [0.2, 0.25) is 0 Å². The predicted molar refractivity (Wildman–Crippen MR) is 95.8 cm³/mol. The summed E-state index contributed by atoms with van der Waals surface area (Å²) in [5.74, 6) is 1.05. The molecule has 4 nitrogen and oxygen atoms in total. The van der Waals surface area contributed by atoms with Crippen molar-refractivity contribution in [1.29, 1.82) is 0 Å². The number of carbonyl (C=O) groups is 1. The van der Waals surface area contributed by atoms with Crippen LogP contribution in [0.3, 0.4) is 0 Å². The fourth-order valence-electron chi connectivity index (χ4n) is 1.91. The van der Waals surface area contributed by atoms with Crippen LogP contribution in [0.4, 0.5) is 11.5 Å². The molecule has 1 heterocycles. The SMILES string of the molecule is CC(C)CCNC(=O)c1ccc(Nc2ccc(Cl)cc2Cl)nc1. The van der Waals surface area contributed by atoms with E-state index in [4.69, 9.17) is 23.2 Å². The molecule has 0 saturated heterocycles. The number of aromatic nitrogens is 1. The smallest absolute Gasteiger partial charge is 0.252 e. The third-order valence-corrected chi connectivity index (χ3v) is 3.77. The van der Waals surface area contributed by atoms with Crippen LogP contribution in [0.15, 0.2) is 36.5 Å². The van der Waals surface area contributed by atoms with Crippen LogP contribution in [-0.4, -0.2) is 17.4 Å². The highest BCUT2D eigenvalue weighted by Gasteiger charge is 2.07. The summed E-state index contributed by atoms with van der Waals surface area (Å²) in [6, 6.07) is 8.64. The number of pyridine rings is 1. The Morgan fingerprint density at radius 2 is 2.00 bits per heavy atom. The van der Waals surface area contributed by atoms with Crippen LogP contribution < -0.4 is 10.6 Å². The minimum Gasteiger partial charge on any atom is -0.352 e. The molecule has 1 aromatic carbocycles. The fraction of sp³-hybridized carbons (Fsp3) is 0.294. The molecule has 0 spiro atoms. The average molecular weight is 352 g/mol. The van der Waals surface area contributed by atoms with Crippen LogP contribution in [0.1, 0.15) is 30.6 Å². The minimum atomic E-state index is -0.116. The molecule has 0 fully saturated rings. The topological polar surface area (TPSA) is 54.0 Å². The first kappa shape index (κ1) is 17.6. The van der Waals surface area contributed by atoms with E-state index in [0.717, 1.165) is 6.42 Å². The van der Waals surface area contributed by atoms with Gasteiger partial charge in [-0.25, -0.2) is 4.98 Å². The molecule has 0 saturated carbocycles. The molecule has 0 aliphatic heterocycles. The summed E-state index contributed by atoms with van der Waals surface area (Å²) in [5.41, 5.74) is 1.24. The maximum Gasteiger partial charge on any atom is 0.252 e. The normalized spacial score (nSPS) is 10.7. The van der Waals surface area contributed by atoms with Crippen LogP contribution >= 0.6 is 23.2 Å². The monoisotopic (exact) mass is 351 g/mol. The van der Waals surface area contributed by atoms with Crippen molar-refractivity contribution in [2.75, 3.05) is 11.9 Å². The highest BCUT2D eigenvalue weighted by Crippen LogP contribution is 2.27. The lowest BCUT2D eigenvalue weighted by atomic mass is 10.1. The molecule has 122 valence electrons. The Bertz CT molecular complexity index is 672. The van der Waals surface area contributed by atoms with Gasteiger partial charge in [-0.05, 0) is 42.7 Å². The Hall–Kier alpha value is -1.78. The van der Waals surface area contributed by atoms with Gasteiger partial charge in [0.15, 0.2) is 0 Å². The lowest BCUT2D eigenvalue weighted by molar-refractivity contribution is 0.0951. The molecular weight excluding hydrogens is 333 g/mol. The average Bonchev–Trinajstić information content (AvgIpc) is 2.50. The van der Waals surface area contributed by atoms with Gasteiger partial charge in [-0.2, -0.15) is 0 Å². The van der Waals surface area contributed by atoms with E-state index in [-0.39, 0.29) is 5.91 Å². The minimum absolute atomic E-state index is 0.116. The Kier molecular flexibility index (Phi) is 6.25. The van der Waals surface area contributed by atoms with Crippen molar-refractivity contribution >= 4 is 40.6 Å². The van der Waals surface area contributed by atoms with E-state index < -0.39 is 0 Å². The number of benzene rings is 1. The van der Waals surface area contributed by atoms with E-state index in [1.165, 1.54) is 6.20 Å². The van der Waals surface area contributed by atoms with Crippen LogP contribution in [0.25, 0.3) is 0 Å². The molecular formula is C17H19Cl2N3O. The van der Waals surface area contributed by atoms with Crippen molar-refractivity contribution in [2.24, 2.45) is 5.92 Å². The number of nitrogens with one attached hydrogen (secondary N) is 2. The Balaban J connectivity index is 1.97. The number of hydrogen-bond donors (Lipinski definition) is 2. The molecule has 23 heavy (non-hydrogen) atoms. The third kappa shape index (κ3) is 5.41. The van der Waals surface area contributed by atoms with Crippen molar-refractivity contribution in [2.45, 2.75) is 20.3 Å². The lowest BCUT2D eigenvalue weighted by Crippen LogP contribution is -2.25. The molecule has 2 rings (SSSR count). The van der Waals surface area contributed by atoms with Crippen molar-refractivity contribution < 1.29 is 4.79 Å². The number of rotatable bonds is 6. The van der Waals surface area contributed by atoms with Crippen LogP contribution in [0.5, 0.6) is 0 Å². The molecule has 2 N–H and O–H groups in total. The molecule has 0 bridgehead atoms. The number of nitrogens with zero attached hydrogens (tertiary/aromatic N) is 1. The van der Waals surface area contributed by atoms with E-state index in [1.807, 2.05) is 0 Å². The zero-order chi connectivity index (χ0) is 16.8. The molecule has 1 aromatic heterocycles. The molecule has 0 radical (unpaired) electrons. The Morgan fingerprint density at radius 1 is 1.22 bits per heavy atom. The summed E-state index contributed by atoms with van der Waals surface area (Å²) in [7, 11) is 0. The quantitative estimate of drug-likeness (QED) is 0.777. The second-order valence-electron chi connectivity index (χ2n) is 5.62. The predicted octanol–water partition coefficient (Wildman–Crippen LogP) is 4.91. The third-order valence-electron chi connectivity index (χ3n) is 3.23. The van der Waals surface area contributed by atoms with Gasteiger partial charge in [0.25, 0.3) is 5.91 Å². The number of hydrogen-bond acceptors (Lipinski definition) is 3. The zero-order valence-electron chi connectivity index (χ0n) is 13.1. The molecule has 0 aliphatic carbocycles. The summed E-state index contributed by atoms with van der Waals surface area (Å²) < 4.78 is 0. The summed E-state index contributed by atoms with van der Waals surface area (Å²) in [6.07, 6.45) is 2.49. The van der Waals surface area contributed by atoms with Crippen LogP contribution in [-0.2, 0) is 0 Å². The van der Waals surface area contributed by atoms with Gasteiger partial charge in [0.1, 0.15) is 5.82 Å². The largest absolute Gasteiger partial charge is 0.352 e. The van der Waals surface area contributed by atoms with E-state index in [0.29, 0.717) is 39.6 Å². The van der Waals surface area contributed by atoms with Gasteiger partial charge in [0, 0.05) is 17.8 Å². The molecule has 0 unspecified atom stereocenters. The van der Waals surface area contributed by atoms with Gasteiger partial charge in [0.05, 0.1) is 16.3 Å². The highest BCUT2D eigenvalue weighted by molar-refractivity contribution is 6.36. The van der Waals surface area contributed by atoms with Crippen LogP contribution in [0, 0.1) is 5.92 Å². The van der Waals surface area contributed by atoms with Gasteiger partial charge in [-0.3, -0.25) is 4.79 Å². The molecule has 0 atom stereocenters. The van der Waals surface area contributed by atoms with Crippen LogP contribution in [0.2, 0.25) is 10.0 Å². The summed E-state index contributed by atoms with van der Waals surface area (Å²) in [5, 5.41) is 7.05. The molecule has 0 aliphatic rings. The molecule has 2 aromatic rings. The fourth-order valence-corrected chi connectivity index (χ4v) is 2.36. The first-order chi connectivity index (χ1) is 11.0. The van der Waals surface area contributed by atoms with Gasteiger partial charge in [-0.15, -0.1) is 0 Å². The van der Waals surface area contributed by atoms with Gasteiger partial charge in [-0.1, -0.05) is 37.0 Å². The lowest BCUT2D eigenvalue weighted by Gasteiger charge is -2.09. The standard InChI is InChI=1S/C17H19Cl2N3O/c1-11(2)7-8-20-17(23)12-3-6-16(21-10-12)22-15-5-4-13(18)9-14(15)19/h3-6,9-11H,7-8H2,1-2H3,(H,20,23)(H,21,22). The summed E-state index contributed by atoms with van der Waals surface area (Å²) in [4.78, 5) is 16.2. The van der Waals surface area contributed by atoms with E-state index >= 15 is 0 Å². The van der Waals surface area contributed by atoms with Crippen molar-refractivity contribution in [3.8, 4) is 0 Å². The highest BCUT2D eigenvalue weighted by atomic mass is 35.5. The number of amides is 1. The van der Waals surface area contributed by atoms with Crippen molar-refractivity contribution in [1.82, 2.24) is 10.3 Å². The second-order valence-corrected chi connectivity index (χ2v) is 6.46. The number of anilines is 2. The molecule has 6 heteroatoms. The first-order valence-electron chi connectivity index (χ1n) is 7.42.